The van der Waals surface area contributed by atoms with Crippen LogP contribution in [0, 0.1) is 0 Å². The van der Waals surface area contributed by atoms with Crippen molar-refractivity contribution in [2.24, 2.45) is 4.99 Å². The van der Waals surface area contributed by atoms with E-state index < -0.39 is 0 Å². The van der Waals surface area contributed by atoms with E-state index in [1.54, 1.807) is 0 Å². The van der Waals surface area contributed by atoms with Crippen molar-refractivity contribution >= 4 is 17.2 Å². The topological polar surface area (TPSA) is 22.1 Å². The zero-order valence-electron chi connectivity index (χ0n) is 14.2. The van der Waals surface area contributed by atoms with Crippen LogP contribution in [0.3, 0.4) is 0 Å². The molecule has 4 rings (SSSR count). The average Bonchev–Trinajstić information content (AvgIpc) is 2.63. The van der Waals surface area contributed by atoms with Gasteiger partial charge in [-0.25, -0.2) is 4.99 Å². The second-order valence-corrected chi connectivity index (χ2v) is 6.65. The van der Waals surface area contributed by atoms with Crippen LogP contribution in [-0.2, 0) is 6.54 Å². The van der Waals surface area contributed by atoms with Gasteiger partial charge in [0, 0.05) is 32.7 Å². The minimum atomic E-state index is 0.885. The van der Waals surface area contributed by atoms with E-state index in [9.17, 15) is 0 Å². The highest BCUT2D eigenvalue weighted by Crippen LogP contribution is 2.33. The number of para-hydroxylation sites is 2. The normalized spacial score (nSPS) is 18.3. The molecule has 4 nitrogen and oxygen atoms in total. The highest BCUT2D eigenvalue weighted by atomic mass is 15.3. The summed E-state index contributed by atoms with van der Waals surface area (Å²) < 4.78 is 0. The Morgan fingerprint density at radius 1 is 0.875 bits per heavy atom. The van der Waals surface area contributed by atoms with Crippen molar-refractivity contribution in [1.82, 2.24) is 9.80 Å². The van der Waals surface area contributed by atoms with Gasteiger partial charge in [0.05, 0.1) is 17.9 Å². The standard InChI is InChI=1S/C20H24N4/c1-22-11-13-23(14-12-22)20-16-24(15-17-7-3-2-4-8-17)19-10-6-5-9-18(19)21-20/h2-10H,11-16H2,1H3. The van der Waals surface area contributed by atoms with Gasteiger partial charge in [0.15, 0.2) is 0 Å². The van der Waals surface area contributed by atoms with Gasteiger partial charge >= 0.3 is 0 Å². The van der Waals surface area contributed by atoms with Gasteiger partial charge < -0.3 is 14.7 Å². The Bertz CT molecular complexity index is 717. The van der Waals surface area contributed by atoms with E-state index in [2.05, 4.69) is 76.3 Å². The lowest BCUT2D eigenvalue weighted by molar-refractivity contribution is 0.214. The molecule has 0 unspecified atom stereocenters. The summed E-state index contributed by atoms with van der Waals surface area (Å²) in [4.78, 5) is 12.3. The number of anilines is 1. The van der Waals surface area contributed by atoms with Crippen molar-refractivity contribution in [2.45, 2.75) is 6.54 Å². The van der Waals surface area contributed by atoms with E-state index in [1.165, 1.54) is 17.1 Å². The Hall–Kier alpha value is -2.33. The molecule has 0 amide bonds. The molecule has 0 spiro atoms. The van der Waals surface area contributed by atoms with E-state index in [1.807, 2.05) is 0 Å². The van der Waals surface area contributed by atoms with Gasteiger partial charge in [-0.3, -0.25) is 0 Å². The van der Waals surface area contributed by atoms with Gasteiger partial charge in [0.1, 0.15) is 5.84 Å². The Balaban J connectivity index is 1.60. The van der Waals surface area contributed by atoms with Gasteiger partial charge in [0.25, 0.3) is 0 Å². The molecule has 2 heterocycles. The van der Waals surface area contributed by atoms with E-state index in [0.717, 1.165) is 45.0 Å². The molecule has 2 aliphatic rings. The molecule has 0 N–H and O–H groups in total. The summed E-state index contributed by atoms with van der Waals surface area (Å²) in [5.41, 5.74) is 3.67. The molecule has 124 valence electrons. The Labute approximate surface area is 144 Å². The Morgan fingerprint density at radius 2 is 1.58 bits per heavy atom. The first kappa shape index (κ1) is 15.2. The first-order chi connectivity index (χ1) is 11.8. The quantitative estimate of drug-likeness (QED) is 0.849. The summed E-state index contributed by atoms with van der Waals surface area (Å²) >= 11 is 0. The first-order valence-corrected chi connectivity index (χ1v) is 8.68. The third kappa shape index (κ3) is 3.15. The molecule has 4 heteroatoms. The van der Waals surface area contributed by atoms with Crippen LogP contribution in [0.4, 0.5) is 11.4 Å². The molecule has 0 radical (unpaired) electrons. The molecule has 0 saturated carbocycles. The number of rotatable bonds is 2. The average molecular weight is 320 g/mol. The lowest BCUT2D eigenvalue weighted by Gasteiger charge is -2.39. The van der Waals surface area contributed by atoms with E-state index in [-0.39, 0.29) is 0 Å². The summed E-state index contributed by atoms with van der Waals surface area (Å²) in [6.07, 6.45) is 0. The van der Waals surface area contributed by atoms with Gasteiger partial charge in [-0.1, -0.05) is 42.5 Å². The molecule has 24 heavy (non-hydrogen) atoms. The molecule has 0 bridgehead atoms. The highest BCUT2D eigenvalue weighted by Gasteiger charge is 2.24. The molecule has 0 aromatic heterocycles. The van der Waals surface area contributed by atoms with Crippen LogP contribution in [0.5, 0.6) is 0 Å². The number of amidine groups is 1. The predicted molar refractivity (Wildman–Crippen MR) is 100 cm³/mol. The maximum absolute atomic E-state index is 4.97. The Kier molecular flexibility index (Phi) is 4.22. The van der Waals surface area contributed by atoms with Crippen LogP contribution < -0.4 is 4.90 Å². The molecular weight excluding hydrogens is 296 g/mol. The van der Waals surface area contributed by atoms with Crippen molar-refractivity contribution in [1.29, 1.82) is 0 Å². The largest absolute Gasteiger partial charge is 0.358 e. The van der Waals surface area contributed by atoms with Crippen molar-refractivity contribution in [3.05, 3.63) is 60.2 Å². The van der Waals surface area contributed by atoms with Crippen LogP contribution in [0.1, 0.15) is 5.56 Å². The summed E-state index contributed by atoms with van der Waals surface area (Å²) in [5.74, 6) is 1.21. The van der Waals surface area contributed by atoms with Crippen molar-refractivity contribution in [3.63, 3.8) is 0 Å². The van der Waals surface area contributed by atoms with E-state index in [0.29, 0.717) is 0 Å². The number of piperazine rings is 1. The van der Waals surface area contributed by atoms with Crippen LogP contribution in [-0.4, -0.2) is 55.4 Å². The molecular formula is C20H24N4. The smallest absolute Gasteiger partial charge is 0.125 e. The molecule has 2 aromatic carbocycles. The minimum absolute atomic E-state index is 0.885. The van der Waals surface area contributed by atoms with Gasteiger partial charge in [-0.15, -0.1) is 0 Å². The number of likely N-dealkylation sites (N-methyl/N-ethyl adjacent to an activating group) is 1. The zero-order chi connectivity index (χ0) is 16.4. The fraction of sp³-hybridized carbons (Fsp3) is 0.350. The summed E-state index contributed by atoms with van der Waals surface area (Å²) in [6, 6.07) is 19.2. The maximum atomic E-state index is 4.97. The molecule has 2 aliphatic heterocycles. The highest BCUT2D eigenvalue weighted by molar-refractivity contribution is 5.94. The van der Waals surface area contributed by atoms with E-state index >= 15 is 0 Å². The fourth-order valence-electron chi connectivity index (χ4n) is 3.44. The molecule has 1 fully saturated rings. The van der Waals surface area contributed by atoms with Gasteiger partial charge in [-0.2, -0.15) is 0 Å². The number of hydrogen-bond acceptors (Lipinski definition) is 4. The van der Waals surface area contributed by atoms with Gasteiger partial charge in [-0.05, 0) is 24.7 Å². The summed E-state index contributed by atoms with van der Waals surface area (Å²) in [7, 11) is 2.19. The third-order valence-electron chi connectivity index (χ3n) is 4.89. The van der Waals surface area contributed by atoms with Crippen LogP contribution in [0.2, 0.25) is 0 Å². The van der Waals surface area contributed by atoms with Crippen molar-refractivity contribution in [3.8, 4) is 0 Å². The van der Waals surface area contributed by atoms with Crippen molar-refractivity contribution < 1.29 is 0 Å². The lowest BCUT2D eigenvalue weighted by atomic mass is 10.1. The first-order valence-electron chi connectivity index (χ1n) is 8.68. The summed E-state index contributed by atoms with van der Waals surface area (Å²) in [5, 5.41) is 0. The van der Waals surface area contributed by atoms with Crippen LogP contribution in [0.25, 0.3) is 0 Å². The van der Waals surface area contributed by atoms with Gasteiger partial charge in [0.2, 0.25) is 0 Å². The maximum Gasteiger partial charge on any atom is 0.125 e. The van der Waals surface area contributed by atoms with Crippen LogP contribution in [0.15, 0.2) is 59.6 Å². The lowest BCUT2D eigenvalue weighted by Crippen LogP contribution is -2.50. The summed E-state index contributed by atoms with van der Waals surface area (Å²) in [6.45, 7) is 6.16. The number of hydrogen-bond donors (Lipinski definition) is 0. The molecule has 0 aliphatic carbocycles. The van der Waals surface area contributed by atoms with Crippen LogP contribution >= 0.6 is 0 Å². The second-order valence-electron chi connectivity index (χ2n) is 6.65. The SMILES string of the molecule is CN1CCN(C2=Nc3ccccc3N(Cc3ccccc3)C2)CC1. The number of benzene rings is 2. The monoisotopic (exact) mass is 320 g/mol. The van der Waals surface area contributed by atoms with Crippen molar-refractivity contribution in [2.75, 3.05) is 44.7 Å². The minimum Gasteiger partial charge on any atom is -0.358 e. The third-order valence-corrected chi connectivity index (χ3v) is 4.89. The second kappa shape index (κ2) is 6.65. The number of aliphatic imine (C=N–C) groups is 1. The number of fused-ring (bicyclic) bond motifs is 1. The molecule has 0 atom stereocenters. The predicted octanol–water partition coefficient (Wildman–Crippen LogP) is 2.98. The Morgan fingerprint density at radius 3 is 2.38 bits per heavy atom. The van der Waals surface area contributed by atoms with E-state index in [4.69, 9.17) is 4.99 Å². The fourth-order valence-corrected chi connectivity index (χ4v) is 3.44. The number of nitrogens with zero attached hydrogens (tertiary/aromatic N) is 4. The molecule has 2 aromatic rings. The zero-order valence-corrected chi connectivity index (χ0v) is 14.2. The molecule has 1 saturated heterocycles.